The summed E-state index contributed by atoms with van der Waals surface area (Å²) in [6.45, 7) is 0.730. The second-order valence-corrected chi connectivity index (χ2v) is 4.70. The molecule has 6 heteroatoms. The molecule has 0 saturated heterocycles. The number of hydrogen-bond donors (Lipinski definition) is 2. The second kappa shape index (κ2) is 6.95. The predicted octanol–water partition coefficient (Wildman–Crippen LogP) is 3.67. The van der Waals surface area contributed by atoms with E-state index in [-0.39, 0.29) is 5.56 Å². The normalized spacial score (nSPS) is 10.2. The summed E-state index contributed by atoms with van der Waals surface area (Å²) in [6, 6.07) is 10.4. The smallest absolute Gasteiger partial charge is 0.335 e. The number of carboxylic acids is 1. The third-order valence-electron chi connectivity index (χ3n) is 2.64. The van der Waals surface area contributed by atoms with E-state index < -0.39 is 11.8 Å². The molecule has 0 atom stereocenters. The molecule has 0 bridgehead atoms. The summed E-state index contributed by atoms with van der Waals surface area (Å²) in [7, 11) is 0. The van der Waals surface area contributed by atoms with Crippen LogP contribution in [-0.4, -0.2) is 24.2 Å². The van der Waals surface area contributed by atoms with Crippen LogP contribution in [0, 0.1) is 5.82 Å². The number of halogens is 2. The van der Waals surface area contributed by atoms with Crippen molar-refractivity contribution in [3.05, 3.63) is 58.9 Å². The van der Waals surface area contributed by atoms with E-state index in [2.05, 4.69) is 5.32 Å². The highest BCUT2D eigenvalue weighted by Gasteiger charge is 2.04. The molecule has 0 amide bonds. The Morgan fingerprint density at radius 3 is 2.81 bits per heavy atom. The first-order chi connectivity index (χ1) is 10.0. The summed E-state index contributed by atoms with van der Waals surface area (Å²) >= 11 is 5.74. The van der Waals surface area contributed by atoms with Gasteiger partial charge in [-0.1, -0.05) is 17.7 Å². The lowest BCUT2D eigenvalue weighted by Crippen LogP contribution is -2.11. The number of aromatic carboxylic acids is 1. The van der Waals surface area contributed by atoms with Crippen LogP contribution in [0.1, 0.15) is 10.4 Å². The van der Waals surface area contributed by atoms with Gasteiger partial charge in [0, 0.05) is 17.3 Å². The summed E-state index contributed by atoms with van der Waals surface area (Å²) in [5, 5.41) is 12.1. The molecule has 21 heavy (non-hydrogen) atoms. The van der Waals surface area contributed by atoms with Gasteiger partial charge in [0.25, 0.3) is 0 Å². The maximum atomic E-state index is 13.1. The van der Waals surface area contributed by atoms with Crippen molar-refractivity contribution < 1.29 is 19.0 Å². The van der Waals surface area contributed by atoms with Gasteiger partial charge in [0.15, 0.2) is 0 Å². The number of benzene rings is 2. The Balaban J connectivity index is 1.84. The Bertz CT molecular complexity index is 628. The summed E-state index contributed by atoms with van der Waals surface area (Å²) in [6.07, 6.45) is 0. The molecule has 0 aliphatic heterocycles. The van der Waals surface area contributed by atoms with Crippen molar-refractivity contribution in [2.45, 2.75) is 0 Å². The zero-order valence-electron chi connectivity index (χ0n) is 11.0. The molecule has 2 aromatic carbocycles. The van der Waals surface area contributed by atoms with Crippen LogP contribution in [0.15, 0.2) is 42.5 Å². The van der Waals surface area contributed by atoms with Gasteiger partial charge in [0.2, 0.25) is 0 Å². The van der Waals surface area contributed by atoms with Crippen LogP contribution in [0.3, 0.4) is 0 Å². The maximum absolute atomic E-state index is 13.1. The van der Waals surface area contributed by atoms with Crippen LogP contribution in [0.2, 0.25) is 5.02 Å². The van der Waals surface area contributed by atoms with Crippen molar-refractivity contribution in [2.75, 3.05) is 18.5 Å². The van der Waals surface area contributed by atoms with E-state index in [1.807, 2.05) is 0 Å². The van der Waals surface area contributed by atoms with Crippen molar-refractivity contribution >= 4 is 23.3 Å². The first-order valence-electron chi connectivity index (χ1n) is 6.21. The number of ether oxygens (including phenoxy) is 1. The average molecular weight is 310 g/mol. The fourth-order valence-electron chi connectivity index (χ4n) is 1.74. The van der Waals surface area contributed by atoms with E-state index in [4.69, 9.17) is 21.4 Å². The van der Waals surface area contributed by atoms with Crippen LogP contribution >= 0.6 is 11.6 Å². The Morgan fingerprint density at radius 1 is 1.29 bits per heavy atom. The molecule has 0 saturated carbocycles. The molecule has 0 aliphatic carbocycles. The Hall–Kier alpha value is -2.27. The molecule has 2 rings (SSSR count). The molecule has 0 fully saturated rings. The van der Waals surface area contributed by atoms with Crippen molar-refractivity contribution in [3.63, 3.8) is 0 Å². The fraction of sp³-hybridized carbons (Fsp3) is 0.133. The number of rotatable bonds is 6. The fourth-order valence-corrected chi connectivity index (χ4v) is 1.96. The lowest BCUT2D eigenvalue weighted by atomic mass is 10.2. The van der Waals surface area contributed by atoms with Gasteiger partial charge >= 0.3 is 5.97 Å². The van der Waals surface area contributed by atoms with E-state index in [9.17, 15) is 9.18 Å². The van der Waals surface area contributed by atoms with Gasteiger partial charge in [-0.2, -0.15) is 0 Å². The third kappa shape index (κ3) is 4.65. The molecule has 2 aromatic rings. The molecule has 0 aliphatic rings. The van der Waals surface area contributed by atoms with Gasteiger partial charge in [-0.25, -0.2) is 9.18 Å². The van der Waals surface area contributed by atoms with Gasteiger partial charge in [-0.15, -0.1) is 0 Å². The maximum Gasteiger partial charge on any atom is 0.335 e. The molecule has 4 nitrogen and oxygen atoms in total. The largest absolute Gasteiger partial charge is 0.492 e. The standard InChI is InChI=1S/C15H13ClFNO3/c16-11-7-12(17)9-13(8-11)18-4-5-21-14-3-1-2-10(6-14)15(19)20/h1-3,6-9,18H,4-5H2,(H,19,20). The van der Waals surface area contributed by atoms with Gasteiger partial charge in [0.05, 0.1) is 5.56 Å². The van der Waals surface area contributed by atoms with E-state index in [1.54, 1.807) is 18.2 Å². The zero-order chi connectivity index (χ0) is 15.2. The van der Waals surface area contributed by atoms with Crippen molar-refractivity contribution in [1.82, 2.24) is 0 Å². The number of hydrogen-bond acceptors (Lipinski definition) is 3. The molecular weight excluding hydrogens is 297 g/mol. The van der Waals surface area contributed by atoms with Gasteiger partial charge in [-0.05, 0) is 36.4 Å². The van der Waals surface area contributed by atoms with E-state index in [1.165, 1.54) is 24.3 Å². The minimum atomic E-state index is -1.01. The monoisotopic (exact) mass is 309 g/mol. The van der Waals surface area contributed by atoms with Gasteiger partial charge in [0.1, 0.15) is 18.2 Å². The minimum Gasteiger partial charge on any atom is -0.492 e. The zero-order valence-corrected chi connectivity index (χ0v) is 11.7. The molecule has 2 N–H and O–H groups in total. The molecule has 0 heterocycles. The minimum absolute atomic E-state index is 0.164. The SMILES string of the molecule is O=C(O)c1cccc(OCCNc2cc(F)cc(Cl)c2)c1. The lowest BCUT2D eigenvalue weighted by Gasteiger charge is -2.09. The third-order valence-corrected chi connectivity index (χ3v) is 2.86. The first-order valence-corrected chi connectivity index (χ1v) is 6.58. The molecule has 110 valence electrons. The van der Waals surface area contributed by atoms with Gasteiger partial charge < -0.3 is 15.2 Å². The Morgan fingerprint density at radius 2 is 2.10 bits per heavy atom. The first kappa shape index (κ1) is 15.1. The topological polar surface area (TPSA) is 58.6 Å². The summed E-state index contributed by atoms with van der Waals surface area (Å²) in [5.41, 5.74) is 0.722. The average Bonchev–Trinajstić information content (AvgIpc) is 2.43. The summed E-state index contributed by atoms with van der Waals surface area (Å²) < 4.78 is 18.5. The van der Waals surface area contributed by atoms with E-state index in [0.29, 0.717) is 29.6 Å². The number of carbonyl (C=O) groups is 1. The van der Waals surface area contributed by atoms with Crippen LogP contribution in [0.4, 0.5) is 10.1 Å². The van der Waals surface area contributed by atoms with E-state index in [0.717, 1.165) is 0 Å². The van der Waals surface area contributed by atoms with Crippen molar-refractivity contribution in [2.24, 2.45) is 0 Å². The van der Waals surface area contributed by atoms with Crippen LogP contribution in [-0.2, 0) is 0 Å². The summed E-state index contributed by atoms with van der Waals surface area (Å²) in [4.78, 5) is 10.8. The predicted molar refractivity (Wildman–Crippen MR) is 78.8 cm³/mol. The number of carboxylic acid groups (broad SMARTS) is 1. The van der Waals surface area contributed by atoms with Crippen LogP contribution < -0.4 is 10.1 Å². The molecule has 0 radical (unpaired) electrons. The Labute approximate surface area is 126 Å². The van der Waals surface area contributed by atoms with Crippen LogP contribution in [0.5, 0.6) is 5.75 Å². The van der Waals surface area contributed by atoms with Crippen LogP contribution in [0.25, 0.3) is 0 Å². The quantitative estimate of drug-likeness (QED) is 0.799. The van der Waals surface area contributed by atoms with Gasteiger partial charge in [-0.3, -0.25) is 0 Å². The number of anilines is 1. The molecule has 0 aromatic heterocycles. The van der Waals surface area contributed by atoms with E-state index >= 15 is 0 Å². The molecular formula is C15H13ClFNO3. The highest BCUT2D eigenvalue weighted by atomic mass is 35.5. The van der Waals surface area contributed by atoms with Crippen molar-refractivity contribution in [3.8, 4) is 5.75 Å². The van der Waals surface area contributed by atoms with Crippen molar-refractivity contribution in [1.29, 1.82) is 0 Å². The highest BCUT2D eigenvalue weighted by Crippen LogP contribution is 2.18. The second-order valence-electron chi connectivity index (χ2n) is 4.27. The lowest BCUT2D eigenvalue weighted by molar-refractivity contribution is 0.0696. The molecule has 0 spiro atoms. The highest BCUT2D eigenvalue weighted by molar-refractivity contribution is 6.30. The molecule has 0 unspecified atom stereocenters. The summed E-state index contributed by atoms with van der Waals surface area (Å²) in [5.74, 6) is -0.956. The Kier molecular flexibility index (Phi) is 5.00. The number of nitrogens with one attached hydrogen (secondary N) is 1.